The summed E-state index contributed by atoms with van der Waals surface area (Å²) >= 11 is 0. The van der Waals surface area contributed by atoms with Gasteiger partial charge in [0.25, 0.3) is 0 Å². The number of aromatic nitrogens is 1. The van der Waals surface area contributed by atoms with Gasteiger partial charge in [0.2, 0.25) is 11.9 Å². The van der Waals surface area contributed by atoms with E-state index in [-0.39, 0.29) is 6.42 Å². The molecule has 1 rings (SSSR count). The highest BCUT2D eigenvalue weighted by Gasteiger charge is 1.99. The molecule has 1 heterocycles. The molecular formula is C10H9F2NO2. The molecule has 0 spiro atoms. The SMILES string of the molecule is COC(=O)CC=Cc1cc(F)nc(F)c1. The first-order chi connectivity index (χ1) is 7.11. The van der Waals surface area contributed by atoms with Crippen LogP contribution >= 0.6 is 0 Å². The van der Waals surface area contributed by atoms with E-state index in [0.717, 1.165) is 12.1 Å². The third-order valence-electron chi connectivity index (χ3n) is 1.61. The second-order valence-corrected chi connectivity index (χ2v) is 2.73. The number of ether oxygens (including phenoxy) is 1. The van der Waals surface area contributed by atoms with Crippen LogP contribution in [0.2, 0.25) is 0 Å². The summed E-state index contributed by atoms with van der Waals surface area (Å²) in [6.45, 7) is 0. The zero-order chi connectivity index (χ0) is 11.3. The van der Waals surface area contributed by atoms with E-state index in [9.17, 15) is 13.6 Å². The second-order valence-electron chi connectivity index (χ2n) is 2.73. The molecule has 1 aromatic rings. The van der Waals surface area contributed by atoms with Crippen LogP contribution in [0.15, 0.2) is 18.2 Å². The Morgan fingerprint density at radius 3 is 2.60 bits per heavy atom. The predicted octanol–water partition coefficient (Wildman–Crippen LogP) is 1.94. The van der Waals surface area contributed by atoms with Crippen molar-refractivity contribution in [1.82, 2.24) is 4.98 Å². The molecule has 80 valence electrons. The molecule has 0 aliphatic rings. The number of halogens is 2. The molecule has 0 aromatic carbocycles. The maximum atomic E-state index is 12.6. The van der Waals surface area contributed by atoms with Crippen LogP contribution in [0.25, 0.3) is 6.08 Å². The Kier molecular flexibility index (Phi) is 3.91. The molecule has 0 aliphatic heterocycles. The number of hydrogen-bond donors (Lipinski definition) is 0. The van der Waals surface area contributed by atoms with Crippen LogP contribution < -0.4 is 0 Å². The van der Waals surface area contributed by atoms with E-state index < -0.39 is 17.9 Å². The molecule has 0 radical (unpaired) electrons. The van der Waals surface area contributed by atoms with Gasteiger partial charge in [0, 0.05) is 12.1 Å². The van der Waals surface area contributed by atoms with Gasteiger partial charge in [0.1, 0.15) is 0 Å². The number of esters is 1. The summed E-state index contributed by atoms with van der Waals surface area (Å²) in [6, 6.07) is 2.13. The van der Waals surface area contributed by atoms with Crippen molar-refractivity contribution in [3.63, 3.8) is 0 Å². The van der Waals surface area contributed by atoms with Crippen LogP contribution in [0.4, 0.5) is 8.78 Å². The summed E-state index contributed by atoms with van der Waals surface area (Å²) < 4.78 is 29.6. The molecular weight excluding hydrogens is 204 g/mol. The molecule has 5 heteroatoms. The standard InChI is InChI=1S/C10H9F2NO2/c1-15-10(14)4-2-3-7-5-8(11)13-9(12)6-7/h2-3,5-6H,4H2,1H3. The Morgan fingerprint density at radius 2 is 2.07 bits per heavy atom. The summed E-state index contributed by atoms with van der Waals surface area (Å²) in [7, 11) is 1.27. The third kappa shape index (κ3) is 3.84. The van der Waals surface area contributed by atoms with Crippen LogP contribution in [-0.4, -0.2) is 18.1 Å². The number of methoxy groups -OCH3 is 1. The van der Waals surface area contributed by atoms with Crippen molar-refractivity contribution in [3.05, 3.63) is 35.7 Å². The number of pyridine rings is 1. The van der Waals surface area contributed by atoms with Gasteiger partial charge in [-0.15, -0.1) is 0 Å². The Labute approximate surface area is 85.4 Å². The fourth-order valence-electron chi connectivity index (χ4n) is 0.954. The van der Waals surface area contributed by atoms with E-state index in [1.807, 2.05) is 0 Å². The first kappa shape index (κ1) is 11.3. The van der Waals surface area contributed by atoms with Crippen LogP contribution in [0.3, 0.4) is 0 Å². The first-order valence-electron chi connectivity index (χ1n) is 4.18. The predicted molar refractivity (Wildman–Crippen MR) is 49.8 cm³/mol. The van der Waals surface area contributed by atoms with Gasteiger partial charge < -0.3 is 4.74 Å². The summed E-state index contributed by atoms with van der Waals surface area (Å²) in [5.41, 5.74) is 0.309. The van der Waals surface area contributed by atoms with Gasteiger partial charge in [-0.3, -0.25) is 4.79 Å². The largest absolute Gasteiger partial charge is 0.469 e. The topological polar surface area (TPSA) is 39.2 Å². The molecule has 0 saturated carbocycles. The number of nitrogens with zero attached hydrogens (tertiary/aromatic N) is 1. The van der Waals surface area contributed by atoms with Crippen LogP contribution in [0, 0.1) is 11.9 Å². The second kappa shape index (κ2) is 5.19. The van der Waals surface area contributed by atoms with E-state index in [0.29, 0.717) is 5.56 Å². The maximum Gasteiger partial charge on any atom is 0.309 e. The fourth-order valence-corrected chi connectivity index (χ4v) is 0.954. The van der Waals surface area contributed by atoms with E-state index in [2.05, 4.69) is 9.72 Å². The zero-order valence-electron chi connectivity index (χ0n) is 8.04. The molecule has 0 aliphatic carbocycles. The highest BCUT2D eigenvalue weighted by molar-refractivity contribution is 5.72. The van der Waals surface area contributed by atoms with Crippen molar-refractivity contribution in [2.45, 2.75) is 6.42 Å². The van der Waals surface area contributed by atoms with Gasteiger partial charge in [0.05, 0.1) is 13.5 Å². The molecule has 1 aromatic heterocycles. The highest BCUT2D eigenvalue weighted by Crippen LogP contribution is 2.06. The van der Waals surface area contributed by atoms with Gasteiger partial charge in [-0.2, -0.15) is 13.8 Å². The lowest BCUT2D eigenvalue weighted by molar-refractivity contribution is -0.139. The number of rotatable bonds is 3. The molecule has 0 saturated heterocycles. The van der Waals surface area contributed by atoms with Crippen molar-refractivity contribution < 1.29 is 18.3 Å². The summed E-state index contributed by atoms with van der Waals surface area (Å²) in [5.74, 6) is -2.21. The lowest BCUT2D eigenvalue weighted by atomic mass is 10.2. The van der Waals surface area contributed by atoms with Gasteiger partial charge in [-0.25, -0.2) is 0 Å². The van der Waals surface area contributed by atoms with Crippen molar-refractivity contribution in [1.29, 1.82) is 0 Å². The Balaban J connectivity index is 2.68. The quantitative estimate of drug-likeness (QED) is 0.569. The van der Waals surface area contributed by atoms with Crippen molar-refractivity contribution >= 4 is 12.0 Å². The van der Waals surface area contributed by atoms with Crippen molar-refractivity contribution in [2.24, 2.45) is 0 Å². The first-order valence-corrected chi connectivity index (χ1v) is 4.18. The Bertz CT molecular complexity index is 371. The molecule has 0 N–H and O–H groups in total. The Morgan fingerprint density at radius 1 is 1.47 bits per heavy atom. The molecule has 0 atom stereocenters. The Hall–Kier alpha value is -1.78. The fraction of sp³-hybridized carbons (Fsp3) is 0.200. The summed E-state index contributed by atoms with van der Waals surface area (Å²) in [6.07, 6.45) is 2.94. The number of carbonyl (C=O) groups is 1. The van der Waals surface area contributed by atoms with Gasteiger partial charge in [-0.05, 0) is 5.56 Å². The van der Waals surface area contributed by atoms with E-state index >= 15 is 0 Å². The molecule has 0 fully saturated rings. The van der Waals surface area contributed by atoms with E-state index in [4.69, 9.17) is 0 Å². The minimum absolute atomic E-state index is 0.0576. The van der Waals surface area contributed by atoms with Gasteiger partial charge >= 0.3 is 5.97 Å². The highest BCUT2D eigenvalue weighted by atomic mass is 19.1. The van der Waals surface area contributed by atoms with E-state index in [1.54, 1.807) is 0 Å². The third-order valence-corrected chi connectivity index (χ3v) is 1.61. The summed E-state index contributed by atoms with van der Waals surface area (Å²) in [4.78, 5) is 13.6. The average Bonchev–Trinajstić information content (AvgIpc) is 2.16. The van der Waals surface area contributed by atoms with Crippen molar-refractivity contribution in [2.75, 3.05) is 7.11 Å². The van der Waals surface area contributed by atoms with E-state index in [1.165, 1.54) is 19.3 Å². The molecule has 0 bridgehead atoms. The van der Waals surface area contributed by atoms with Gasteiger partial charge in [0.15, 0.2) is 0 Å². The normalized spacial score (nSPS) is 10.6. The van der Waals surface area contributed by atoms with Crippen LogP contribution in [-0.2, 0) is 9.53 Å². The molecule has 0 amide bonds. The smallest absolute Gasteiger partial charge is 0.309 e. The zero-order valence-corrected chi connectivity index (χ0v) is 8.04. The lowest BCUT2D eigenvalue weighted by Crippen LogP contribution is -1.96. The maximum absolute atomic E-state index is 12.6. The minimum atomic E-state index is -0.896. The molecule has 15 heavy (non-hydrogen) atoms. The van der Waals surface area contributed by atoms with Crippen LogP contribution in [0.1, 0.15) is 12.0 Å². The monoisotopic (exact) mass is 213 g/mol. The molecule has 0 unspecified atom stereocenters. The average molecular weight is 213 g/mol. The van der Waals surface area contributed by atoms with Crippen molar-refractivity contribution in [3.8, 4) is 0 Å². The summed E-state index contributed by atoms with van der Waals surface area (Å²) in [5, 5.41) is 0. The minimum Gasteiger partial charge on any atom is -0.469 e. The number of hydrogen-bond acceptors (Lipinski definition) is 3. The van der Waals surface area contributed by atoms with Crippen LogP contribution in [0.5, 0.6) is 0 Å². The lowest BCUT2D eigenvalue weighted by Gasteiger charge is -1.95. The number of carbonyl (C=O) groups excluding carboxylic acids is 1. The molecule has 3 nitrogen and oxygen atoms in total. The van der Waals surface area contributed by atoms with Gasteiger partial charge in [-0.1, -0.05) is 12.2 Å².